The molecule has 0 saturated carbocycles. The van der Waals surface area contributed by atoms with Gasteiger partial charge >= 0.3 is 0 Å². The standard InChI is InChI=1S/C17H28N6O/c1-3-20-5-9-22(10-6-20)16-14-18-15(13-19-16)17(24)23-11-7-21(4-2)8-12-23/h13-14H,3-12H2,1-2H3. The van der Waals surface area contributed by atoms with Crippen LogP contribution in [0.4, 0.5) is 5.82 Å². The molecule has 2 aliphatic heterocycles. The lowest BCUT2D eigenvalue weighted by Crippen LogP contribution is -2.48. The highest BCUT2D eigenvalue weighted by Gasteiger charge is 2.23. The van der Waals surface area contributed by atoms with Gasteiger partial charge in [-0.05, 0) is 13.1 Å². The number of carbonyl (C=O) groups excluding carboxylic acids is 1. The molecule has 0 unspecified atom stereocenters. The molecule has 1 aromatic heterocycles. The minimum Gasteiger partial charge on any atom is -0.353 e. The summed E-state index contributed by atoms with van der Waals surface area (Å²) in [4.78, 5) is 30.3. The van der Waals surface area contributed by atoms with Crippen LogP contribution in [0.25, 0.3) is 0 Å². The molecule has 0 aromatic carbocycles. The smallest absolute Gasteiger partial charge is 0.274 e. The number of hydrogen-bond acceptors (Lipinski definition) is 6. The summed E-state index contributed by atoms with van der Waals surface area (Å²) in [6, 6.07) is 0. The number of anilines is 1. The third-order valence-electron chi connectivity index (χ3n) is 5.11. The molecule has 0 N–H and O–H groups in total. The van der Waals surface area contributed by atoms with E-state index in [-0.39, 0.29) is 5.91 Å². The van der Waals surface area contributed by atoms with Gasteiger partial charge in [0, 0.05) is 52.4 Å². The summed E-state index contributed by atoms with van der Waals surface area (Å²) < 4.78 is 0. The Labute approximate surface area is 144 Å². The molecule has 3 rings (SSSR count). The van der Waals surface area contributed by atoms with Crippen LogP contribution in [0.15, 0.2) is 12.4 Å². The van der Waals surface area contributed by atoms with E-state index in [1.54, 1.807) is 12.4 Å². The second-order valence-electron chi connectivity index (χ2n) is 6.41. The number of amides is 1. The van der Waals surface area contributed by atoms with Crippen LogP contribution >= 0.6 is 0 Å². The average Bonchev–Trinajstić information content (AvgIpc) is 2.68. The maximum Gasteiger partial charge on any atom is 0.274 e. The number of likely N-dealkylation sites (N-methyl/N-ethyl adjacent to an activating group) is 2. The maximum absolute atomic E-state index is 12.5. The minimum absolute atomic E-state index is 0.000561. The van der Waals surface area contributed by atoms with Crippen LogP contribution in [-0.2, 0) is 0 Å². The molecule has 24 heavy (non-hydrogen) atoms. The Morgan fingerprint density at radius 2 is 1.46 bits per heavy atom. The Balaban J connectivity index is 1.57. The zero-order chi connectivity index (χ0) is 16.9. The molecule has 0 atom stereocenters. The van der Waals surface area contributed by atoms with Gasteiger partial charge in [0.2, 0.25) is 0 Å². The lowest BCUT2D eigenvalue weighted by molar-refractivity contribution is 0.0637. The van der Waals surface area contributed by atoms with Gasteiger partial charge in [-0.25, -0.2) is 9.97 Å². The fourth-order valence-electron chi connectivity index (χ4n) is 3.32. The van der Waals surface area contributed by atoms with Crippen molar-refractivity contribution < 1.29 is 4.79 Å². The van der Waals surface area contributed by atoms with Gasteiger partial charge in [-0.1, -0.05) is 13.8 Å². The Bertz CT molecular complexity index is 533. The monoisotopic (exact) mass is 332 g/mol. The Kier molecular flexibility index (Phi) is 5.63. The fourth-order valence-corrected chi connectivity index (χ4v) is 3.32. The van der Waals surface area contributed by atoms with E-state index in [9.17, 15) is 4.79 Å². The molecular formula is C17H28N6O. The summed E-state index contributed by atoms with van der Waals surface area (Å²) >= 11 is 0. The number of nitrogens with zero attached hydrogens (tertiary/aromatic N) is 6. The van der Waals surface area contributed by atoms with E-state index in [0.717, 1.165) is 71.3 Å². The molecule has 3 heterocycles. The second-order valence-corrected chi connectivity index (χ2v) is 6.41. The fraction of sp³-hybridized carbons (Fsp3) is 0.706. The van der Waals surface area contributed by atoms with E-state index in [2.05, 4.69) is 38.5 Å². The van der Waals surface area contributed by atoms with E-state index >= 15 is 0 Å². The summed E-state index contributed by atoms with van der Waals surface area (Å²) in [5.41, 5.74) is 0.455. The average molecular weight is 332 g/mol. The first-order chi connectivity index (χ1) is 11.7. The number of carbonyl (C=O) groups is 1. The van der Waals surface area contributed by atoms with Crippen molar-refractivity contribution in [3.8, 4) is 0 Å². The largest absolute Gasteiger partial charge is 0.353 e. The number of piperazine rings is 2. The number of aromatic nitrogens is 2. The van der Waals surface area contributed by atoms with E-state index in [4.69, 9.17) is 0 Å². The summed E-state index contributed by atoms with van der Waals surface area (Å²) in [7, 11) is 0. The lowest BCUT2D eigenvalue weighted by atomic mass is 10.2. The highest BCUT2D eigenvalue weighted by atomic mass is 16.2. The zero-order valence-electron chi connectivity index (χ0n) is 14.8. The molecule has 2 aliphatic rings. The normalized spacial score (nSPS) is 20.4. The van der Waals surface area contributed by atoms with Crippen molar-refractivity contribution in [1.82, 2.24) is 24.7 Å². The van der Waals surface area contributed by atoms with Crippen molar-refractivity contribution in [2.45, 2.75) is 13.8 Å². The Morgan fingerprint density at radius 1 is 0.875 bits per heavy atom. The highest BCUT2D eigenvalue weighted by Crippen LogP contribution is 2.13. The van der Waals surface area contributed by atoms with Crippen molar-refractivity contribution in [3.05, 3.63) is 18.1 Å². The van der Waals surface area contributed by atoms with Crippen molar-refractivity contribution in [3.63, 3.8) is 0 Å². The summed E-state index contributed by atoms with van der Waals surface area (Å²) in [5.74, 6) is 0.874. The predicted octanol–water partition coefficient (Wildman–Crippen LogP) is 0.396. The molecule has 1 amide bonds. The van der Waals surface area contributed by atoms with Crippen molar-refractivity contribution in [1.29, 1.82) is 0 Å². The molecule has 7 heteroatoms. The van der Waals surface area contributed by atoms with Crippen LogP contribution in [-0.4, -0.2) is 96.0 Å². The summed E-state index contributed by atoms with van der Waals surface area (Å²) in [5, 5.41) is 0. The maximum atomic E-state index is 12.5. The van der Waals surface area contributed by atoms with E-state index in [1.165, 1.54) is 0 Å². The first-order valence-electron chi connectivity index (χ1n) is 9.02. The van der Waals surface area contributed by atoms with E-state index < -0.39 is 0 Å². The third-order valence-corrected chi connectivity index (χ3v) is 5.11. The second kappa shape index (κ2) is 7.90. The van der Waals surface area contributed by atoms with Gasteiger partial charge in [-0.3, -0.25) is 4.79 Å². The van der Waals surface area contributed by atoms with Crippen LogP contribution in [0, 0.1) is 0 Å². The van der Waals surface area contributed by atoms with Crippen molar-refractivity contribution in [2.24, 2.45) is 0 Å². The molecule has 1 aromatic rings. The van der Waals surface area contributed by atoms with Crippen LogP contribution in [0.3, 0.4) is 0 Å². The summed E-state index contributed by atoms with van der Waals surface area (Å²) in [6.45, 7) is 14.0. The molecule has 0 spiro atoms. The first-order valence-corrected chi connectivity index (χ1v) is 9.02. The topological polar surface area (TPSA) is 55.8 Å². The van der Waals surface area contributed by atoms with Crippen molar-refractivity contribution in [2.75, 3.05) is 70.3 Å². The van der Waals surface area contributed by atoms with Crippen LogP contribution in [0.1, 0.15) is 24.3 Å². The zero-order valence-corrected chi connectivity index (χ0v) is 14.8. The van der Waals surface area contributed by atoms with Gasteiger partial charge < -0.3 is 19.6 Å². The minimum atomic E-state index is 0.000561. The third kappa shape index (κ3) is 3.84. The summed E-state index contributed by atoms with van der Waals surface area (Å²) in [6.07, 6.45) is 3.38. The molecule has 132 valence electrons. The Hall–Kier alpha value is -1.73. The van der Waals surface area contributed by atoms with E-state index in [0.29, 0.717) is 5.69 Å². The van der Waals surface area contributed by atoms with Gasteiger partial charge in [-0.2, -0.15) is 0 Å². The molecular weight excluding hydrogens is 304 g/mol. The number of rotatable bonds is 4. The molecule has 0 aliphatic carbocycles. The van der Waals surface area contributed by atoms with E-state index in [1.807, 2.05) is 4.90 Å². The van der Waals surface area contributed by atoms with Gasteiger partial charge in [0.05, 0.1) is 12.4 Å². The lowest BCUT2D eigenvalue weighted by Gasteiger charge is -2.35. The van der Waals surface area contributed by atoms with Crippen molar-refractivity contribution >= 4 is 11.7 Å². The SMILES string of the molecule is CCN1CCN(C(=O)c2cnc(N3CCN(CC)CC3)cn2)CC1. The van der Waals surface area contributed by atoms with Gasteiger partial charge in [0.25, 0.3) is 5.91 Å². The van der Waals surface area contributed by atoms with Gasteiger partial charge in [0.15, 0.2) is 0 Å². The molecule has 0 radical (unpaired) electrons. The van der Waals surface area contributed by atoms with Crippen LogP contribution < -0.4 is 4.90 Å². The molecule has 2 fully saturated rings. The highest BCUT2D eigenvalue weighted by molar-refractivity contribution is 5.92. The molecule has 2 saturated heterocycles. The molecule has 7 nitrogen and oxygen atoms in total. The first kappa shape index (κ1) is 17.1. The quantitative estimate of drug-likeness (QED) is 0.795. The van der Waals surface area contributed by atoms with Gasteiger partial charge in [-0.15, -0.1) is 0 Å². The Morgan fingerprint density at radius 3 is 1.96 bits per heavy atom. The molecule has 0 bridgehead atoms. The van der Waals surface area contributed by atoms with Crippen LogP contribution in [0.5, 0.6) is 0 Å². The van der Waals surface area contributed by atoms with Crippen LogP contribution in [0.2, 0.25) is 0 Å². The number of hydrogen-bond donors (Lipinski definition) is 0. The van der Waals surface area contributed by atoms with Gasteiger partial charge in [0.1, 0.15) is 11.5 Å². The predicted molar refractivity (Wildman–Crippen MR) is 94.4 cm³/mol.